The molecule has 2 N–H and O–H groups in total. The molecule has 0 saturated heterocycles. The van der Waals surface area contributed by atoms with Crippen LogP contribution in [0.1, 0.15) is 5.01 Å². The van der Waals surface area contributed by atoms with Crippen LogP contribution >= 0.6 is 11.3 Å². The van der Waals surface area contributed by atoms with Crippen LogP contribution in [-0.4, -0.2) is 21.8 Å². The summed E-state index contributed by atoms with van der Waals surface area (Å²) in [7, 11) is 0. The summed E-state index contributed by atoms with van der Waals surface area (Å²) in [5, 5.41) is 10.9. The van der Waals surface area contributed by atoms with Gasteiger partial charge in [-0.25, -0.2) is 9.78 Å². The van der Waals surface area contributed by atoms with Crippen molar-refractivity contribution in [2.75, 3.05) is 0 Å². The number of hydrogen-bond acceptors (Lipinski definition) is 5. The van der Waals surface area contributed by atoms with Crippen molar-refractivity contribution in [3.05, 3.63) is 23.0 Å². The number of imide groups is 1. The van der Waals surface area contributed by atoms with Gasteiger partial charge in [-0.2, -0.15) is 10.2 Å². The lowest BCUT2D eigenvalue weighted by molar-refractivity contribution is -0.122. The normalized spacial score (nSPS) is 9.27. The number of carbonyl (C=O) groups excluding carboxylic acids is 2. The first-order valence-electron chi connectivity index (χ1n) is 3.90. The van der Waals surface area contributed by atoms with Gasteiger partial charge >= 0.3 is 6.03 Å². The minimum absolute atomic E-state index is 0.280. The summed E-state index contributed by atoms with van der Waals surface area (Å²) in [6.45, 7) is 0. The second-order valence-electron chi connectivity index (χ2n) is 2.45. The Morgan fingerprint density at radius 1 is 1.73 bits per heavy atom. The van der Waals surface area contributed by atoms with E-state index in [1.165, 1.54) is 24.0 Å². The molecule has 3 amide bonds. The summed E-state index contributed by atoms with van der Waals surface area (Å²) in [6.07, 6.45) is 4.47. The molecule has 15 heavy (non-hydrogen) atoms. The minimum atomic E-state index is -1.09. The Labute approximate surface area is 89.9 Å². The molecule has 0 fully saturated rings. The van der Waals surface area contributed by atoms with E-state index in [9.17, 15) is 9.59 Å². The molecule has 6 nitrogen and oxygen atoms in total. The lowest BCUT2D eigenvalue weighted by Gasteiger charge is -2.06. The lowest BCUT2D eigenvalue weighted by Crippen LogP contribution is -2.37. The number of aromatic nitrogens is 1. The van der Waals surface area contributed by atoms with Crippen LogP contribution in [0.15, 0.2) is 11.6 Å². The molecular formula is C8H7N4O2S. The number of amides is 3. The van der Waals surface area contributed by atoms with Gasteiger partial charge in [0, 0.05) is 18.0 Å². The fourth-order valence-corrected chi connectivity index (χ4v) is 1.41. The number of nitrogens with zero attached hydrogens (tertiary/aromatic N) is 3. The van der Waals surface area contributed by atoms with Gasteiger partial charge in [-0.3, -0.25) is 4.79 Å². The molecule has 1 rings (SSSR count). The van der Waals surface area contributed by atoms with Gasteiger partial charge in [0.15, 0.2) is 6.19 Å². The lowest BCUT2D eigenvalue weighted by atomic mass is 10.3. The van der Waals surface area contributed by atoms with Gasteiger partial charge in [-0.1, -0.05) is 0 Å². The van der Waals surface area contributed by atoms with Crippen LogP contribution in [-0.2, 0) is 11.2 Å². The van der Waals surface area contributed by atoms with Gasteiger partial charge in [0.2, 0.25) is 5.91 Å². The number of carbonyl (C=O) groups is 2. The Balaban J connectivity index is 2.49. The van der Waals surface area contributed by atoms with Crippen molar-refractivity contribution in [1.82, 2.24) is 9.88 Å². The molecule has 0 aromatic carbocycles. The number of nitrogens with two attached hydrogens (primary N) is 1. The van der Waals surface area contributed by atoms with Gasteiger partial charge in [0.05, 0.1) is 11.4 Å². The molecule has 0 aliphatic heterocycles. The van der Waals surface area contributed by atoms with E-state index >= 15 is 0 Å². The van der Waals surface area contributed by atoms with Crippen molar-refractivity contribution in [2.45, 2.75) is 6.42 Å². The zero-order valence-corrected chi connectivity index (χ0v) is 8.40. The quantitative estimate of drug-likeness (QED) is 0.587. The minimum Gasteiger partial charge on any atom is -0.350 e. The molecule has 1 radical (unpaired) electrons. The van der Waals surface area contributed by atoms with E-state index in [1.807, 2.05) is 0 Å². The van der Waals surface area contributed by atoms with Crippen LogP contribution in [0.2, 0.25) is 0 Å². The maximum Gasteiger partial charge on any atom is 0.335 e. The molecule has 0 bridgehead atoms. The van der Waals surface area contributed by atoms with Crippen LogP contribution in [0.3, 0.4) is 0 Å². The Morgan fingerprint density at radius 2 is 2.47 bits per heavy atom. The molecule has 0 unspecified atom stereocenters. The summed E-state index contributed by atoms with van der Waals surface area (Å²) in [5.74, 6) is -0.736. The fraction of sp³-hybridized carbons (Fsp3) is 0.125. The maximum absolute atomic E-state index is 11.2. The molecule has 0 aliphatic rings. The summed E-state index contributed by atoms with van der Waals surface area (Å²) in [4.78, 5) is 26.1. The van der Waals surface area contributed by atoms with Gasteiger partial charge in [0.25, 0.3) is 0 Å². The molecule has 1 aromatic heterocycles. The highest BCUT2D eigenvalue weighted by Crippen LogP contribution is 2.07. The van der Waals surface area contributed by atoms with Crippen LogP contribution in [0.5, 0.6) is 0 Å². The van der Waals surface area contributed by atoms with Crippen molar-refractivity contribution < 1.29 is 9.59 Å². The van der Waals surface area contributed by atoms with E-state index < -0.39 is 11.9 Å². The van der Waals surface area contributed by atoms with Crippen LogP contribution < -0.4 is 5.73 Å². The molecule has 1 heterocycles. The van der Waals surface area contributed by atoms with Crippen LogP contribution in [0.4, 0.5) is 4.79 Å². The molecular weight excluding hydrogens is 216 g/mol. The summed E-state index contributed by atoms with van der Waals surface area (Å²) >= 11 is 1.38. The highest BCUT2D eigenvalue weighted by atomic mass is 32.1. The van der Waals surface area contributed by atoms with E-state index in [0.717, 1.165) is 5.01 Å². The number of thiazole rings is 1. The maximum atomic E-state index is 11.2. The molecule has 0 saturated carbocycles. The Morgan fingerprint density at radius 3 is 2.93 bits per heavy atom. The van der Waals surface area contributed by atoms with Crippen LogP contribution in [0.25, 0.3) is 0 Å². The molecule has 0 aliphatic carbocycles. The third kappa shape index (κ3) is 3.03. The van der Waals surface area contributed by atoms with E-state index in [4.69, 9.17) is 11.0 Å². The number of primary amides is 1. The second-order valence-corrected chi connectivity index (χ2v) is 3.43. The number of urea groups is 1. The van der Waals surface area contributed by atoms with E-state index in [0.29, 0.717) is 0 Å². The SMILES string of the molecule is N#CN(C(N)=O)C(=O)[CH]Cc1nccs1. The topological polar surface area (TPSA) is 100 Å². The summed E-state index contributed by atoms with van der Waals surface area (Å²) in [6, 6.07) is -1.09. The molecule has 0 spiro atoms. The largest absolute Gasteiger partial charge is 0.350 e. The Hall–Kier alpha value is -1.94. The van der Waals surface area contributed by atoms with Gasteiger partial charge in [-0.15, -0.1) is 11.3 Å². The fourth-order valence-electron chi connectivity index (χ4n) is 0.827. The predicted molar refractivity (Wildman–Crippen MR) is 52.2 cm³/mol. The third-order valence-electron chi connectivity index (χ3n) is 1.48. The zero-order chi connectivity index (χ0) is 11.3. The molecule has 77 valence electrons. The van der Waals surface area contributed by atoms with Crippen molar-refractivity contribution in [1.29, 1.82) is 5.26 Å². The van der Waals surface area contributed by atoms with E-state index in [2.05, 4.69) is 4.98 Å². The average molecular weight is 223 g/mol. The molecule has 7 heteroatoms. The van der Waals surface area contributed by atoms with Crippen molar-refractivity contribution in [2.24, 2.45) is 5.73 Å². The Kier molecular flexibility index (Phi) is 3.76. The number of hydrogen-bond donors (Lipinski definition) is 1. The first-order chi connectivity index (χ1) is 7.15. The van der Waals surface area contributed by atoms with Gasteiger partial charge in [-0.05, 0) is 0 Å². The van der Waals surface area contributed by atoms with Crippen LogP contribution in [0, 0.1) is 17.9 Å². The van der Waals surface area contributed by atoms with Gasteiger partial charge in [0.1, 0.15) is 0 Å². The van der Waals surface area contributed by atoms with Crippen molar-refractivity contribution in [3.63, 3.8) is 0 Å². The van der Waals surface area contributed by atoms with E-state index in [-0.39, 0.29) is 11.3 Å². The molecule has 0 atom stereocenters. The summed E-state index contributed by atoms with van der Waals surface area (Å²) < 4.78 is 0. The highest BCUT2D eigenvalue weighted by molar-refractivity contribution is 7.09. The number of nitriles is 1. The zero-order valence-electron chi connectivity index (χ0n) is 7.58. The standard InChI is InChI=1S/C8H7N4O2S/c9-5-12(8(10)14)7(13)2-1-6-11-3-4-15-6/h2-4H,1H2,(H2,10,14). The average Bonchev–Trinajstić information content (AvgIpc) is 2.67. The third-order valence-corrected chi connectivity index (χ3v) is 2.28. The molecule has 1 aromatic rings. The van der Waals surface area contributed by atoms with Gasteiger partial charge < -0.3 is 5.73 Å². The number of rotatable bonds is 3. The smallest absolute Gasteiger partial charge is 0.335 e. The van der Waals surface area contributed by atoms with Crippen molar-refractivity contribution >= 4 is 23.3 Å². The summed E-state index contributed by atoms with van der Waals surface area (Å²) in [5.41, 5.74) is 4.81. The second kappa shape index (κ2) is 5.07. The highest BCUT2D eigenvalue weighted by Gasteiger charge is 2.18. The monoisotopic (exact) mass is 223 g/mol. The van der Waals surface area contributed by atoms with E-state index in [1.54, 1.807) is 11.6 Å². The first kappa shape index (κ1) is 11.1. The predicted octanol–water partition coefficient (Wildman–Crippen LogP) is 0.278. The first-order valence-corrected chi connectivity index (χ1v) is 4.78. The Bertz CT molecular complexity index is 395. The van der Waals surface area contributed by atoms with Crippen molar-refractivity contribution in [3.8, 4) is 6.19 Å².